The average molecular weight is 256 g/mol. The predicted molar refractivity (Wildman–Crippen MR) is 59.5 cm³/mol. The summed E-state index contributed by atoms with van der Waals surface area (Å²) in [5.41, 5.74) is -1.89. The van der Waals surface area contributed by atoms with Crippen molar-refractivity contribution in [3.05, 3.63) is 0 Å². The van der Waals surface area contributed by atoms with Gasteiger partial charge in [0.1, 0.15) is 6.29 Å². The number of Topliss-reactive ketones (excluding diaryl/α,β-unsaturated/α-hetero) is 1. The Balaban J connectivity index is 3.16. The van der Waals surface area contributed by atoms with Crippen LogP contribution in [0.25, 0.3) is 0 Å². The lowest BCUT2D eigenvalue weighted by Crippen LogP contribution is -2.52. The Morgan fingerprint density at radius 1 is 1.33 bits per heavy atom. The molecule has 1 atom stereocenters. The van der Waals surface area contributed by atoms with E-state index in [1.807, 2.05) is 0 Å². The van der Waals surface area contributed by atoms with Crippen LogP contribution in [0.5, 0.6) is 0 Å². The van der Waals surface area contributed by atoms with Crippen LogP contribution >= 0.6 is 0 Å². The molecule has 1 rings (SSSR count). The van der Waals surface area contributed by atoms with Crippen LogP contribution < -0.4 is 0 Å². The van der Waals surface area contributed by atoms with Crippen LogP contribution in [0.3, 0.4) is 0 Å². The molecular weight excluding hydrogens is 240 g/mol. The molecule has 1 saturated carbocycles. The largest absolute Gasteiger partial charge is 0.468 e. The first kappa shape index (κ1) is 14.3. The number of methoxy groups -OCH3 is 2. The van der Waals surface area contributed by atoms with Gasteiger partial charge in [-0.1, -0.05) is 6.42 Å². The van der Waals surface area contributed by atoms with Gasteiger partial charge in [0.05, 0.1) is 14.2 Å². The molecule has 0 spiro atoms. The highest BCUT2D eigenvalue weighted by atomic mass is 16.5. The summed E-state index contributed by atoms with van der Waals surface area (Å²) in [5, 5.41) is 0. The molecule has 0 N–H and O–H groups in total. The van der Waals surface area contributed by atoms with Gasteiger partial charge < -0.3 is 14.3 Å². The highest BCUT2D eigenvalue weighted by molar-refractivity contribution is 6.21. The molecule has 6 nitrogen and oxygen atoms in total. The van der Waals surface area contributed by atoms with E-state index in [4.69, 9.17) is 0 Å². The standard InChI is InChI=1S/C12H16O6/c1-17-10(15)12(11(16)18-2)6-3-4-8(5-7-13)9(12)14/h7-8H,3-6H2,1-2H3. The maximum absolute atomic E-state index is 12.3. The van der Waals surface area contributed by atoms with E-state index < -0.39 is 29.1 Å². The van der Waals surface area contributed by atoms with Gasteiger partial charge in [-0.05, 0) is 12.8 Å². The fourth-order valence-electron chi connectivity index (χ4n) is 2.39. The number of carbonyl (C=O) groups excluding carboxylic acids is 4. The minimum absolute atomic E-state index is 0.00850. The summed E-state index contributed by atoms with van der Waals surface area (Å²) in [6.07, 6.45) is 1.68. The molecule has 1 aliphatic rings. The van der Waals surface area contributed by atoms with Crippen molar-refractivity contribution >= 4 is 24.0 Å². The van der Waals surface area contributed by atoms with Crippen molar-refractivity contribution in [1.29, 1.82) is 0 Å². The van der Waals surface area contributed by atoms with Gasteiger partial charge in [0.2, 0.25) is 5.41 Å². The van der Waals surface area contributed by atoms with Crippen LogP contribution in [-0.4, -0.2) is 38.2 Å². The van der Waals surface area contributed by atoms with Gasteiger partial charge in [0.15, 0.2) is 5.78 Å². The van der Waals surface area contributed by atoms with Crippen molar-refractivity contribution in [2.75, 3.05) is 14.2 Å². The molecule has 18 heavy (non-hydrogen) atoms. The van der Waals surface area contributed by atoms with E-state index in [1.54, 1.807) is 0 Å². The molecule has 0 saturated heterocycles. The zero-order valence-corrected chi connectivity index (χ0v) is 10.4. The van der Waals surface area contributed by atoms with Crippen LogP contribution in [0, 0.1) is 11.3 Å². The Morgan fingerprint density at radius 3 is 2.33 bits per heavy atom. The predicted octanol–water partition coefficient (Wildman–Crippen LogP) is 0.277. The zero-order valence-electron chi connectivity index (χ0n) is 10.4. The third-order valence-corrected chi connectivity index (χ3v) is 3.34. The normalized spacial score (nSPS) is 22.1. The minimum Gasteiger partial charge on any atom is -0.468 e. The Morgan fingerprint density at radius 2 is 1.89 bits per heavy atom. The van der Waals surface area contributed by atoms with Gasteiger partial charge >= 0.3 is 11.9 Å². The zero-order chi connectivity index (χ0) is 13.8. The van der Waals surface area contributed by atoms with Crippen molar-refractivity contribution in [2.24, 2.45) is 11.3 Å². The Kier molecular flexibility index (Phi) is 4.58. The molecule has 0 aliphatic heterocycles. The maximum atomic E-state index is 12.3. The fourth-order valence-corrected chi connectivity index (χ4v) is 2.39. The third-order valence-electron chi connectivity index (χ3n) is 3.34. The number of hydrogen-bond acceptors (Lipinski definition) is 6. The van der Waals surface area contributed by atoms with Gasteiger partial charge in [-0.15, -0.1) is 0 Å². The molecule has 0 amide bonds. The number of aldehydes is 1. The van der Waals surface area contributed by atoms with Crippen LogP contribution in [-0.2, 0) is 28.7 Å². The second-order valence-corrected chi connectivity index (χ2v) is 4.24. The van der Waals surface area contributed by atoms with Crippen LogP contribution in [0.15, 0.2) is 0 Å². The fraction of sp³-hybridized carbons (Fsp3) is 0.667. The molecule has 0 radical (unpaired) electrons. The van der Waals surface area contributed by atoms with Crippen molar-refractivity contribution < 1.29 is 28.7 Å². The SMILES string of the molecule is COC(=O)C1(C(=O)OC)CCCC(CC=O)C1=O. The highest BCUT2D eigenvalue weighted by Crippen LogP contribution is 2.39. The second-order valence-electron chi connectivity index (χ2n) is 4.24. The van der Waals surface area contributed by atoms with Crippen molar-refractivity contribution in [1.82, 2.24) is 0 Å². The summed E-state index contributed by atoms with van der Waals surface area (Å²) in [5.74, 6) is -3.00. The van der Waals surface area contributed by atoms with Gasteiger partial charge in [-0.25, -0.2) is 0 Å². The quantitative estimate of drug-likeness (QED) is 0.408. The van der Waals surface area contributed by atoms with Gasteiger partial charge in [0, 0.05) is 12.3 Å². The lowest BCUT2D eigenvalue weighted by molar-refractivity contribution is -0.176. The van der Waals surface area contributed by atoms with E-state index in [0.29, 0.717) is 19.1 Å². The number of hydrogen-bond donors (Lipinski definition) is 0. The number of esters is 2. The second kappa shape index (κ2) is 5.75. The Hall–Kier alpha value is -1.72. The monoisotopic (exact) mass is 256 g/mol. The maximum Gasteiger partial charge on any atom is 0.330 e. The van der Waals surface area contributed by atoms with E-state index in [-0.39, 0.29) is 12.8 Å². The average Bonchev–Trinajstić information content (AvgIpc) is 2.39. The van der Waals surface area contributed by atoms with E-state index in [1.165, 1.54) is 0 Å². The first-order valence-corrected chi connectivity index (χ1v) is 5.69. The summed E-state index contributed by atoms with van der Waals surface area (Å²) in [6, 6.07) is 0. The molecule has 0 aromatic rings. The summed E-state index contributed by atoms with van der Waals surface area (Å²) >= 11 is 0. The number of ketones is 1. The van der Waals surface area contributed by atoms with Crippen LogP contribution in [0.4, 0.5) is 0 Å². The summed E-state index contributed by atoms with van der Waals surface area (Å²) in [7, 11) is 2.23. The van der Waals surface area contributed by atoms with E-state index >= 15 is 0 Å². The van der Waals surface area contributed by atoms with Crippen LogP contribution in [0.1, 0.15) is 25.7 Å². The number of carbonyl (C=O) groups is 4. The molecule has 0 heterocycles. The van der Waals surface area contributed by atoms with Crippen molar-refractivity contribution in [2.45, 2.75) is 25.7 Å². The smallest absolute Gasteiger partial charge is 0.330 e. The van der Waals surface area contributed by atoms with E-state index in [2.05, 4.69) is 9.47 Å². The third kappa shape index (κ3) is 2.14. The molecule has 0 aromatic heterocycles. The molecule has 1 fully saturated rings. The lowest BCUT2D eigenvalue weighted by Gasteiger charge is -2.33. The molecular formula is C12H16O6. The Bertz CT molecular complexity index is 357. The molecule has 1 aliphatic carbocycles. The summed E-state index contributed by atoms with van der Waals surface area (Å²) in [4.78, 5) is 46.4. The molecule has 0 aromatic carbocycles. The minimum atomic E-state index is -1.89. The van der Waals surface area contributed by atoms with Gasteiger partial charge in [-0.3, -0.25) is 14.4 Å². The lowest BCUT2D eigenvalue weighted by atomic mass is 9.67. The summed E-state index contributed by atoms with van der Waals surface area (Å²) < 4.78 is 9.13. The first-order valence-electron chi connectivity index (χ1n) is 5.69. The first-order chi connectivity index (χ1) is 8.54. The van der Waals surface area contributed by atoms with E-state index in [0.717, 1.165) is 14.2 Å². The van der Waals surface area contributed by atoms with E-state index in [9.17, 15) is 19.2 Å². The van der Waals surface area contributed by atoms with Crippen LogP contribution in [0.2, 0.25) is 0 Å². The van der Waals surface area contributed by atoms with Crippen molar-refractivity contribution in [3.63, 3.8) is 0 Å². The van der Waals surface area contributed by atoms with Gasteiger partial charge in [-0.2, -0.15) is 0 Å². The molecule has 0 bridgehead atoms. The molecule has 100 valence electrons. The topological polar surface area (TPSA) is 86.7 Å². The number of ether oxygens (including phenoxy) is 2. The number of rotatable bonds is 4. The molecule has 6 heteroatoms. The highest BCUT2D eigenvalue weighted by Gasteiger charge is 2.58. The Labute approximate surface area is 105 Å². The summed E-state index contributed by atoms with van der Waals surface area (Å²) in [6.45, 7) is 0. The van der Waals surface area contributed by atoms with Crippen molar-refractivity contribution in [3.8, 4) is 0 Å². The van der Waals surface area contributed by atoms with Gasteiger partial charge in [0.25, 0.3) is 0 Å². The molecule has 1 unspecified atom stereocenters.